The van der Waals surface area contributed by atoms with E-state index in [2.05, 4.69) is 31.8 Å². The number of nitrogens with one attached hydrogen (secondary N) is 2. The van der Waals surface area contributed by atoms with Crippen LogP contribution in [0.3, 0.4) is 0 Å². The Hall–Kier alpha value is -2.87. The van der Waals surface area contributed by atoms with Crippen molar-refractivity contribution in [2.75, 3.05) is 13.3 Å². The zero-order valence-electron chi connectivity index (χ0n) is 14.4. The molecule has 2 aromatic carbocycles. The Morgan fingerprint density at radius 1 is 1.11 bits per heavy atom. The third kappa shape index (κ3) is 5.55. The maximum atomic E-state index is 11.8. The second kappa shape index (κ2) is 9.18. The molecule has 0 radical (unpaired) electrons. The predicted octanol–water partition coefficient (Wildman–Crippen LogP) is 2.38. The largest absolute Gasteiger partial charge is 0.454 e. The lowest BCUT2D eigenvalue weighted by Crippen LogP contribution is -2.31. The molecule has 0 saturated carbocycles. The van der Waals surface area contributed by atoms with Crippen LogP contribution >= 0.6 is 15.9 Å². The van der Waals surface area contributed by atoms with Crippen LogP contribution in [0.1, 0.15) is 17.5 Å². The molecule has 0 atom stereocenters. The molecule has 1 aliphatic heterocycles. The van der Waals surface area contributed by atoms with Gasteiger partial charge in [-0.05, 0) is 40.0 Å². The number of rotatable bonds is 7. The number of benzene rings is 2. The number of nitrogens with zero attached hydrogens (tertiary/aromatic N) is 1. The van der Waals surface area contributed by atoms with Gasteiger partial charge in [0.1, 0.15) is 6.42 Å². The van der Waals surface area contributed by atoms with Crippen molar-refractivity contribution >= 4 is 34.0 Å². The summed E-state index contributed by atoms with van der Waals surface area (Å²) in [6.45, 7) is 0.655. The van der Waals surface area contributed by atoms with E-state index in [1.54, 1.807) is 12.1 Å². The molecule has 0 spiro atoms. The van der Waals surface area contributed by atoms with Gasteiger partial charge in [0.15, 0.2) is 11.5 Å². The van der Waals surface area contributed by atoms with Crippen molar-refractivity contribution < 1.29 is 19.1 Å². The molecule has 2 amide bonds. The minimum absolute atomic E-state index is 0.179. The van der Waals surface area contributed by atoms with Gasteiger partial charge in [0.05, 0.1) is 6.21 Å². The first kappa shape index (κ1) is 18.9. The number of carbonyl (C=O) groups excluding carboxylic acids is 2. The van der Waals surface area contributed by atoms with E-state index in [0.29, 0.717) is 30.0 Å². The quantitative estimate of drug-likeness (QED) is 0.400. The summed E-state index contributed by atoms with van der Waals surface area (Å²) < 4.78 is 11.3. The van der Waals surface area contributed by atoms with Crippen molar-refractivity contribution in [3.05, 3.63) is 58.1 Å². The summed E-state index contributed by atoms with van der Waals surface area (Å²) in [5.74, 6) is 0.433. The number of hydrogen-bond donors (Lipinski definition) is 2. The maximum Gasteiger partial charge on any atom is 0.249 e. The summed E-state index contributed by atoms with van der Waals surface area (Å²) in [5, 5.41) is 6.60. The lowest BCUT2D eigenvalue weighted by atomic mass is 10.1. The average molecular weight is 432 g/mol. The van der Waals surface area contributed by atoms with Gasteiger partial charge in [-0.15, -0.1) is 0 Å². The van der Waals surface area contributed by atoms with E-state index in [1.807, 2.05) is 30.3 Å². The van der Waals surface area contributed by atoms with Gasteiger partial charge in [-0.1, -0.05) is 30.3 Å². The SMILES string of the molecule is O=C(CC(=O)N/N=C\c1cc2c(cc1Br)OCO2)NCCc1ccccc1. The standard InChI is InChI=1S/C19H18BrN3O4/c20-15-9-17-16(26-12-27-17)8-14(15)11-22-23-19(25)10-18(24)21-7-6-13-4-2-1-3-5-13/h1-5,8-9,11H,6-7,10,12H2,(H,21,24)(H,23,25)/b22-11-. The lowest BCUT2D eigenvalue weighted by molar-refractivity contribution is -0.129. The van der Waals surface area contributed by atoms with Crippen LogP contribution in [-0.4, -0.2) is 31.4 Å². The minimum Gasteiger partial charge on any atom is -0.454 e. The summed E-state index contributed by atoms with van der Waals surface area (Å²) in [6.07, 6.45) is 1.90. The molecule has 3 rings (SSSR count). The van der Waals surface area contributed by atoms with Crippen molar-refractivity contribution in [2.45, 2.75) is 12.8 Å². The summed E-state index contributed by atoms with van der Waals surface area (Å²) in [4.78, 5) is 23.6. The fourth-order valence-electron chi connectivity index (χ4n) is 2.44. The van der Waals surface area contributed by atoms with Crippen LogP contribution in [0.5, 0.6) is 11.5 Å². The highest BCUT2D eigenvalue weighted by Gasteiger charge is 2.15. The molecular weight excluding hydrogens is 414 g/mol. The van der Waals surface area contributed by atoms with E-state index in [1.165, 1.54) is 6.21 Å². The van der Waals surface area contributed by atoms with Crippen LogP contribution in [0.25, 0.3) is 0 Å². The zero-order chi connectivity index (χ0) is 19.1. The Morgan fingerprint density at radius 2 is 1.85 bits per heavy atom. The molecule has 8 heteroatoms. The van der Waals surface area contributed by atoms with E-state index in [9.17, 15) is 9.59 Å². The van der Waals surface area contributed by atoms with Crippen molar-refractivity contribution in [3.8, 4) is 11.5 Å². The number of fused-ring (bicyclic) bond motifs is 1. The summed E-state index contributed by atoms with van der Waals surface area (Å²) >= 11 is 3.40. The van der Waals surface area contributed by atoms with Gasteiger partial charge in [-0.3, -0.25) is 9.59 Å². The fraction of sp³-hybridized carbons (Fsp3) is 0.211. The molecule has 0 unspecified atom stereocenters. The molecule has 1 aliphatic rings. The van der Waals surface area contributed by atoms with Crippen LogP contribution in [0.2, 0.25) is 0 Å². The van der Waals surface area contributed by atoms with Gasteiger partial charge in [0, 0.05) is 16.6 Å². The Bertz CT molecular complexity index is 856. The maximum absolute atomic E-state index is 11.8. The van der Waals surface area contributed by atoms with Crippen molar-refractivity contribution in [1.82, 2.24) is 10.7 Å². The van der Waals surface area contributed by atoms with Crippen LogP contribution in [0.15, 0.2) is 52.0 Å². The third-order valence-electron chi connectivity index (χ3n) is 3.78. The van der Waals surface area contributed by atoms with E-state index in [0.717, 1.165) is 10.0 Å². The monoisotopic (exact) mass is 431 g/mol. The number of hydrogen-bond acceptors (Lipinski definition) is 5. The molecule has 0 bridgehead atoms. The predicted molar refractivity (Wildman–Crippen MR) is 104 cm³/mol. The first-order valence-electron chi connectivity index (χ1n) is 8.33. The van der Waals surface area contributed by atoms with E-state index in [4.69, 9.17) is 9.47 Å². The van der Waals surface area contributed by atoms with E-state index in [-0.39, 0.29) is 19.1 Å². The van der Waals surface area contributed by atoms with Gasteiger partial charge >= 0.3 is 0 Å². The lowest BCUT2D eigenvalue weighted by Gasteiger charge is -2.05. The topological polar surface area (TPSA) is 89.0 Å². The van der Waals surface area contributed by atoms with Crippen LogP contribution in [-0.2, 0) is 16.0 Å². The summed E-state index contributed by atoms with van der Waals surface area (Å²) in [6, 6.07) is 13.3. The number of carbonyl (C=O) groups is 2. The van der Waals surface area contributed by atoms with Gasteiger partial charge in [-0.25, -0.2) is 5.43 Å². The van der Waals surface area contributed by atoms with Crippen molar-refractivity contribution in [3.63, 3.8) is 0 Å². The molecule has 1 heterocycles. The minimum atomic E-state index is -0.486. The zero-order valence-corrected chi connectivity index (χ0v) is 16.0. The molecule has 0 fully saturated rings. The smallest absolute Gasteiger partial charge is 0.249 e. The van der Waals surface area contributed by atoms with Crippen LogP contribution in [0.4, 0.5) is 0 Å². The second-order valence-electron chi connectivity index (χ2n) is 5.78. The molecule has 27 heavy (non-hydrogen) atoms. The number of hydrazone groups is 1. The van der Waals surface area contributed by atoms with E-state index >= 15 is 0 Å². The Labute approximate surface area is 164 Å². The molecule has 0 aromatic heterocycles. The Kier molecular flexibility index (Phi) is 6.43. The van der Waals surface area contributed by atoms with Gasteiger partial charge < -0.3 is 14.8 Å². The van der Waals surface area contributed by atoms with Gasteiger partial charge in [-0.2, -0.15) is 5.10 Å². The molecular formula is C19H18BrN3O4. The highest BCUT2D eigenvalue weighted by Crippen LogP contribution is 2.36. The van der Waals surface area contributed by atoms with Crippen molar-refractivity contribution in [1.29, 1.82) is 0 Å². The summed E-state index contributed by atoms with van der Waals surface area (Å²) in [7, 11) is 0. The highest BCUT2D eigenvalue weighted by atomic mass is 79.9. The number of ether oxygens (including phenoxy) is 2. The van der Waals surface area contributed by atoms with E-state index < -0.39 is 5.91 Å². The molecule has 2 N–H and O–H groups in total. The van der Waals surface area contributed by atoms with Crippen LogP contribution in [0, 0.1) is 0 Å². The third-order valence-corrected chi connectivity index (χ3v) is 4.47. The normalized spacial score (nSPS) is 12.2. The van der Waals surface area contributed by atoms with Gasteiger partial charge in [0.2, 0.25) is 18.6 Å². The highest BCUT2D eigenvalue weighted by molar-refractivity contribution is 9.10. The second-order valence-corrected chi connectivity index (χ2v) is 6.64. The first-order valence-corrected chi connectivity index (χ1v) is 9.13. The molecule has 0 aliphatic carbocycles. The molecule has 0 saturated heterocycles. The first-order chi connectivity index (χ1) is 13.1. The van der Waals surface area contributed by atoms with Gasteiger partial charge in [0.25, 0.3) is 0 Å². The molecule has 2 aromatic rings. The number of amides is 2. The Morgan fingerprint density at radius 3 is 2.63 bits per heavy atom. The number of halogens is 1. The summed E-state index contributed by atoms with van der Waals surface area (Å²) in [5.41, 5.74) is 4.18. The molecule has 140 valence electrons. The fourth-order valence-corrected chi connectivity index (χ4v) is 2.87. The Balaban J connectivity index is 1.41. The average Bonchev–Trinajstić information content (AvgIpc) is 3.09. The molecule has 7 nitrogen and oxygen atoms in total. The van der Waals surface area contributed by atoms with Crippen molar-refractivity contribution in [2.24, 2.45) is 5.10 Å². The van der Waals surface area contributed by atoms with Crippen LogP contribution < -0.4 is 20.2 Å².